The molecule has 0 atom stereocenters. The first-order chi connectivity index (χ1) is 13.1. The lowest BCUT2D eigenvalue weighted by molar-refractivity contribution is 0.0429. The number of fused-ring (bicyclic) bond motifs is 1. The maximum atomic E-state index is 12.7. The van der Waals surface area contributed by atoms with Crippen LogP contribution in [0.5, 0.6) is 0 Å². The Hall–Kier alpha value is -2.72. The molecule has 0 saturated carbocycles. The Kier molecular flexibility index (Phi) is 5.91. The monoisotopic (exact) mass is 423 g/mol. The van der Waals surface area contributed by atoms with Crippen molar-refractivity contribution in [1.29, 1.82) is 0 Å². The van der Waals surface area contributed by atoms with Crippen molar-refractivity contribution in [2.45, 2.75) is 57.6 Å². The van der Waals surface area contributed by atoms with E-state index in [0.717, 1.165) is 0 Å². The van der Waals surface area contributed by atoms with Gasteiger partial charge in [-0.3, -0.25) is 0 Å². The number of ether oxygens (including phenoxy) is 2. The molecule has 2 N–H and O–H groups in total. The van der Waals surface area contributed by atoms with Gasteiger partial charge < -0.3 is 9.47 Å². The third-order valence-electron chi connectivity index (χ3n) is 3.36. The fourth-order valence-electron chi connectivity index (χ4n) is 2.37. The van der Waals surface area contributed by atoms with Crippen molar-refractivity contribution in [3.63, 3.8) is 0 Å². The first-order valence-electron chi connectivity index (χ1n) is 8.77. The third kappa shape index (κ3) is 5.88. The van der Waals surface area contributed by atoms with Gasteiger partial charge in [0, 0.05) is 5.39 Å². The minimum absolute atomic E-state index is 0.0763. The molecule has 0 saturated heterocycles. The number of aromatic nitrogens is 1. The van der Waals surface area contributed by atoms with E-state index in [2.05, 4.69) is 4.98 Å². The molecular formula is C19H25N3O6S. The summed E-state index contributed by atoms with van der Waals surface area (Å²) in [7, 11) is -3.98. The van der Waals surface area contributed by atoms with Crippen LogP contribution in [0.1, 0.15) is 41.5 Å². The highest BCUT2D eigenvalue weighted by Gasteiger charge is 2.33. The van der Waals surface area contributed by atoms with Gasteiger partial charge in [-0.25, -0.2) is 28.1 Å². The van der Waals surface area contributed by atoms with Gasteiger partial charge in [-0.15, -0.1) is 0 Å². The predicted molar refractivity (Wildman–Crippen MR) is 108 cm³/mol. The van der Waals surface area contributed by atoms with Crippen LogP contribution in [0.15, 0.2) is 35.2 Å². The Morgan fingerprint density at radius 3 is 1.90 bits per heavy atom. The van der Waals surface area contributed by atoms with E-state index in [0.29, 0.717) is 4.90 Å². The Balaban J connectivity index is 2.59. The van der Waals surface area contributed by atoms with Crippen LogP contribution < -0.4 is 10.0 Å². The molecule has 158 valence electrons. The van der Waals surface area contributed by atoms with Gasteiger partial charge in [-0.05, 0) is 65.8 Å². The fraction of sp³-hybridized carbons (Fsp3) is 0.421. The van der Waals surface area contributed by atoms with E-state index in [1.165, 1.54) is 30.3 Å². The number of hydrogen-bond acceptors (Lipinski definition) is 7. The standard InChI is InChI=1S/C19H25N3O6S/c1-18(2,3)27-16(23)22(17(24)28-19(4,5)6)15-11-10-12-13(21-15)8-7-9-14(12)29(20,25)26/h7-11H,1-6H3,(H2,20,25,26). The van der Waals surface area contributed by atoms with Crippen molar-refractivity contribution in [3.8, 4) is 0 Å². The van der Waals surface area contributed by atoms with Crippen molar-refractivity contribution < 1.29 is 27.5 Å². The molecule has 1 aromatic carbocycles. The zero-order valence-electron chi connectivity index (χ0n) is 17.2. The summed E-state index contributed by atoms with van der Waals surface area (Å²) in [4.78, 5) is 30.2. The topological polar surface area (TPSA) is 129 Å². The summed E-state index contributed by atoms with van der Waals surface area (Å²) in [5, 5.41) is 5.50. The number of hydrogen-bond donors (Lipinski definition) is 1. The molecule has 0 unspecified atom stereocenters. The normalized spacial score (nSPS) is 12.5. The second kappa shape index (κ2) is 7.60. The predicted octanol–water partition coefficient (Wildman–Crippen LogP) is 3.56. The highest BCUT2D eigenvalue weighted by atomic mass is 32.2. The molecule has 0 spiro atoms. The SMILES string of the molecule is CC(C)(C)OC(=O)N(C(=O)OC(C)(C)C)c1ccc2c(S(N)(=O)=O)cccc2n1. The molecule has 0 aliphatic heterocycles. The van der Waals surface area contributed by atoms with Crippen molar-refractivity contribution in [1.82, 2.24) is 4.98 Å². The molecule has 1 aromatic heterocycles. The van der Waals surface area contributed by atoms with E-state index in [1.54, 1.807) is 41.5 Å². The van der Waals surface area contributed by atoms with Crippen LogP contribution in [-0.4, -0.2) is 36.8 Å². The molecule has 0 aliphatic carbocycles. The molecule has 2 aromatic rings. The zero-order valence-corrected chi connectivity index (χ0v) is 18.0. The second-order valence-electron chi connectivity index (χ2n) is 8.33. The molecule has 0 fully saturated rings. The van der Waals surface area contributed by atoms with Crippen molar-refractivity contribution >= 4 is 38.9 Å². The van der Waals surface area contributed by atoms with E-state index < -0.39 is 33.4 Å². The van der Waals surface area contributed by atoms with Gasteiger partial charge in [0.1, 0.15) is 17.0 Å². The number of imide groups is 1. The molecule has 2 amide bonds. The van der Waals surface area contributed by atoms with Gasteiger partial charge in [-0.1, -0.05) is 6.07 Å². The van der Waals surface area contributed by atoms with Gasteiger partial charge in [0.25, 0.3) is 0 Å². The number of benzene rings is 1. The minimum Gasteiger partial charge on any atom is -0.443 e. The van der Waals surface area contributed by atoms with Crippen molar-refractivity contribution in [2.75, 3.05) is 4.90 Å². The summed E-state index contributed by atoms with van der Waals surface area (Å²) in [6.07, 6.45) is -1.94. The largest absolute Gasteiger partial charge is 0.443 e. The zero-order chi connectivity index (χ0) is 22.2. The number of primary sulfonamides is 1. The van der Waals surface area contributed by atoms with Gasteiger partial charge in [0.05, 0.1) is 10.4 Å². The summed E-state index contributed by atoms with van der Waals surface area (Å²) in [5.74, 6) is -0.0763. The van der Waals surface area contributed by atoms with Crippen molar-refractivity contribution in [2.24, 2.45) is 5.14 Å². The van der Waals surface area contributed by atoms with Crippen molar-refractivity contribution in [3.05, 3.63) is 30.3 Å². The number of nitrogens with zero attached hydrogens (tertiary/aromatic N) is 2. The van der Waals surface area contributed by atoms with Crippen LogP contribution in [0, 0.1) is 0 Å². The van der Waals surface area contributed by atoms with Crippen LogP contribution in [0.25, 0.3) is 10.9 Å². The van der Waals surface area contributed by atoms with Gasteiger partial charge in [0.2, 0.25) is 10.0 Å². The highest BCUT2D eigenvalue weighted by molar-refractivity contribution is 7.89. The summed E-state index contributed by atoms with van der Waals surface area (Å²) >= 11 is 0. The van der Waals surface area contributed by atoms with Crippen LogP contribution in [0.3, 0.4) is 0 Å². The molecule has 29 heavy (non-hydrogen) atoms. The second-order valence-corrected chi connectivity index (χ2v) is 9.86. The van der Waals surface area contributed by atoms with Gasteiger partial charge in [0.15, 0.2) is 0 Å². The molecule has 9 nitrogen and oxygen atoms in total. The minimum atomic E-state index is -3.98. The van der Waals surface area contributed by atoms with E-state index in [4.69, 9.17) is 14.6 Å². The number of sulfonamides is 1. The number of nitrogens with two attached hydrogens (primary N) is 1. The maximum absolute atomic E-state index is 12.7. The molecule has 2 rings (SSSR count). The number of anilines is 1. The number of rotatable bonds is 2. The van der Waals surface area contributed by atoms with E-state index in [1.807, 2.05) is 0 Å². The fourth-order valence-corrected chi connectivity index (χ4v) is 3.11. The van der Waals surface area contributed by atoms with E-state index in [-0.39, 0.29) is 21.6 Å². The maximum Gasteiger partial charge on any atom is 0.425 e. The van der Waals surface area contributed by atoms with Crippen LogP contribution in [0.2, 0.25) is 0 Å². The molecule has 0 bridgehead atoms. The van der Waals surface area contributed by atoms with Crippen LogP contribution >= 0.6 is 0 Å². The summed E-state index contributed by atoms with van der Waals surface area (Å²) in [6.45, 7) is 9.94. The first kappa shape index (κ1) is 22.6. The number of pyridine rings is 1. The van der Waals surface area contributed by atoms with Crippen LogP contribution in [-0.2, 0) is 19.5 Å². The summed E-state index contributed by atoms with van der Waals surface area (Å²) in [5.41, 5.74) is -1.50. The number of carbonyl (C=O) groups is 2. The lowest BCUT2D eigenvalue weighted by atomic mass is 10.2. The highest BCUT2D eigenvalue weighted by Crippen LogP contribution is 2.26. The number of carbonyl (C=O) groups excluding carboxylic acids is 2. The molecule has 10 heteroatoms. The molecule has 0 aliphatic rings. The Morgan fingerprint density at radius 1 is 0.931 bits per heavy atom. The first-order valence-corrected chi connectivity index (χ1v) is 10.3. The Morgan fingerprint density at radius 2 is 1.45 bits per heavy atom. The van der Waals surface area contributed by atoms with E-state index in [9.17, 15) is 18.0 Å². The van der Waals surface area contributed by atoms with Crippen LogP contribution in [0.4, 0.5) is 15.4 Å². The van der Waals surface area contributed by atoms with Gasteiger partial charge >= 0.3 is 12.2 Å². The lowest BCUT2D eigenvalue weighted by Crippen LogP contribution is -2.44. The van der Waals surface area contributed by atoms with Gasteiger partial charge in [-0.2, -0.15) is 4.90 Å². The van der Waals surface area contributed by atoms with E-state index >= 15 is 0 Å². The number of amides is 2. The summed E-state index contributed by atoms with van der Waals surface area (Å²) in [6, 6.07) is 7.09. The lowest BCUT2D eigenvalue weighted by Gasteiger charge is -2.28. The quantitative estimate of drug-likeness (QED) is 0.782. The smallest absolute Gasteiger partial charge is 0.425 e. The Bertz CT molecular complexity index is 1020. The average molecular weight is 423 g/mol. The molecular weight excluding hydrogens is 398 g/mol. The molecule has 0 radical (unpaired) electrons. The average Bonchev–Trinajstić information content (AvgIpc) is 2.49. The molecule has 1 heterocycles. The Labute approximate surface area is 169 Å². The summed E-state index contributed by atoms with van der Waals surface area (Å²) < 4.78 is 34.2. The third-order valence-corrected chi connectivity index (χ3v) is 4.33.